The summed E-state index contributed by atoms with van der Waals surface area (Å²) in [4.78, 5) is 19.3. The van der Waals surface area contributed by atoms with Gasteiger partial charge in [0.2, 0.25) is 0 Å². The van der Waals surface area contributed by atoms with E-state index in [2.05, 4.69) is 30.7 Å². The first-order valence-electron chi connectivity index (χ1n) is 7.33. The van der Waals surface area contributed by atoms with Gasteiger partial charge in [0.1, 0.15) is 11.0 Å². The van der Waals surface area contributed by atoms with Gasteiger partial charge in [-0.1, -0.05) is 20.8 Å². The topological polar surface area (TPSA) is 51.7 Å². The number of ether oxygens (including phenoxy) is 2. The van der Waals surface area contributed by atoms with Gasteiger partial charge in [-0.05, 0) is 6.92 Å². The Balaban J connectivity index is 1.87. The molecule has 1 atom stereocenters. The van der Waals surface area contributed by atoms with Crippen LogP contribution < -0.4 is 0 Å². The monoisotopic (exact) mass is 312 g/mol. The largest absolute Gasteiger partial charge is 0.457 e. The summed E-state index contributed by atoms with van der Waals surface area (Å²) in [6.07, 6.45) is 1.49. The average Bonchev–Trinajstić information content (AvgIpc) is 2.89. The van der Waals surface area contributed by atoms with E-state index in [1.54, 1.807) is 6.20 Å². The number of aromatic nitrogens is 1. The van der Waals surface area contributed by atoms with Crippen molar-refractivity contribution in [1.82, 2.24) is 9.88 Å². The van der Waals surface area contributed by atoms with Gasteiger partial charge in [0, 0.05) is 25.0 Å². The molecule has 0 amide bonds. The van der Waals surface area contributed by atoms with Crippen molar-refractivity contribution in [3.05, 3.63) is 16.1 Å². The van der Waals surface area contributed by atoms with Crippen LogP contribution in [0.15, 0.2) is 6.20 Å². The molecule has 2 heterocycles. The van der Waals surface area contributed by atoms with Crippen molar-refractivity contribution in [3.8, 4) is 0 Å². The van der Waals surface area contributed by atoms with Crippen molar-refractivity contribution in [2.24, 2.45) is 0 Å². The van der Waals surface area contributed by atoms with Gasteiger partial charge in [-0.25, -0.2) is 9.78 Å². The number of morpholine rings is 1. The molecule has 1 aromatic rings. The van der Waals surface area contributed by atoms with Crippen molar-refractivity contribution < 1.29 is 14.3 Å². The van der Waals surface area contributed by atoms with Crippen molar-refractivity contribution in [3.63, 3.8) is 0 Å². The van der Waals surface area contributed by atoms with Crippen LogP contribution in [0.3, 0.4) is 0 Å². The van der Waals surface area contributed by atoms with Crippen LogP contribution in [0, 0.1) is 0 Å². The number of carbonyl (C=O) groups excluding carboxylic acids is 1. The Hall–Kier alpha value is -0.980. The van der Waals surface area contributed by atoms with Crippen LogP contribution in [-0.4, -0.2) is 54.8 Å². The predicted octanol–water partition coefficient (Wildman–Crippen LogP) is 2.32. The maximum absolute atomic E-state index is 12.1. The third kappa shape index (κ3) is 4.76. The van der Waals surface area contributed by atoms with Crippen molar-refractivity contribution in [1.29, 1.82) is 0 Å². The minimum absolute atomic E-state index is 0.0391. The van der Waals surface area contributed by atoms with Crippen LogP contribution in [0.1, 0.15) is 42.4 Å². The fraction of sp³-hybridized carbons (Fsp3) is 0.733. The Morgan fingerprint density at radius 2 is 2.14 bits per heavy atom. The molecule has 1 aromatic heterocycles. The van der Waals surface area contributed by atoms with Crippen LogP contribution in [0.5, 0.6) is 0 Å². The molecule has 1 unspecified atom stereocenters. The summed E-state index contributed by atoms with van der Waals surface area (Å²) in [7, 11) is 0. The molecule has 1 aliphatic rings. The van der Waals surface area contributed by atoms with Gasteiger partial charge in [-0.15, -0.1) is 11.3 Å². The minimum atomic E-state index is -0.274. The van der Waals surface area contributed by atoms with Gasteiger partial charge < -0.3 is 9.47 Å². The van der Waals surface area contributed by atoms with E-state index in [0.717, 1.165) is 37.9 Å². The molecule has 1 aliphatic heterocycles. The Morgan fingerprint density at radius 3 is 2.71 bits per heavy atom. The maximum atomic E-state index is 12.1. The molecule has 0 N–H and O–H groups in total. The van der Waals surface area contributed by atoms with Gasteiger partial charge >= 0.3 is 5.97 Å². The maximum Gasteiger partial charge on any atom is 0.350 e. The van der Waals surface area contributed by atoms with Gasteiger partial charge in [0.05, 0.1) is 24.4 Å². The lowest BCUT2D eigenvalue weighted by atomic mass is 9.98. The first-order valence-corrected chi connectivity index (χ1v) is 8.15. The lowest BCUT2D eigenvalue weighted by Crippen LogP contribution is -2.41. The zero-order valence-corrected chi connectivity index (χ0v) is 14.0. The van der Waals surface area contributed by atoms with Crippen LogP contribution >= 0.6 is 11.3 Å². The molecule has 6 heteroatoms. The molecule has 1 fully saturated rings. The lowest BCUT2D eigenvalue weighted by molar-refractivity contribution is 0.000714. The molecule has 118 valence electrons. The highest BCUT2D eigenvalue weighted by Gasteiger charge is 2.22. The standard InChI is InChI=1S/C15H24N2O3S/c1-11(10-17-5-7-19-8-6-17)20-13(18)12-9-16-14(21-12)15(2,3)4/h9,11H,5-8,10H2,1-4H3. The molecule has 0 aromatic carbocycles. The first-order chi connectivity index (χ1) is 9.86. The normalized spacial score (nSPS) is 18.5. The van der Waals surface area contributed by atoms with Gasteiger partial charge in [-0.3, -0.25) is 4.90 Å². The van der Waals surface area contributed by atoms with Crippen LogP contribution in [0.4, 0.5) is 0 Å². The fourth-order valence-electron chi connectivity index (χ4n) is 2.14. The predicted molar refractivity (Wildman–Crippen MR) is 83.0 cm³/mol. The number of nitrogens with zero attached hydrogens (tertiary/aromatic N) is 2. The van der Waals surface area contributed by atoms with Crippen LogP contribution in [-0.2, 0) is 14.9 Å². The summed E-state index contributed by atoms with van der Waals surface area (Å²) < 4.78 is 10.8. The zero-order valence-electron chi connectivity index (χ0n) is 13.2. The zero-order chi connectivity index (χ0) is 15.5. The first kappa shape index (κ1) is 16.4. The summed E-state index contributed by atoms with van der Waals surface area (Å²) in [5.41, 5.74) is -0.0391. The molecule has 0 aliphatic carbocycles. The number of hydrogen-bond acceptors (Lipinski definition) is 6. The summed E-state index contributed by atoms with van der Waals surface area (Å²) >= 11 is 1.42. The second-order valence-electron chi connectivity index (χ2n) is 6.41. The fourth-order valence-corrected chi connectivity index (χ4v) is 3.00. The number of hydrogen-bond donors (Lipinski definition) is 0. The van der Waals surface area contributed by atoms with Gasteiger partial charge in [-0.2, -0.15) is 0 Å². The Kier molecular flexibility index (Phi) is 5.35. The van der Waals surface area contributed by atoms with E-state index >= 15 is 0 Å². The van der Waals surface area contributed by atoms with E-state index in [0.29, 0.717) is 4.88 Å². The molecular weight excluding hydrogens is 288 g/mol. The van der Waals surface area contributed by atoms with Gasteiger partial charge in [0.15, 0.2) is 0 Å². The number of esters is 1. The van der Waals surface area contributed by atoms with Gasteiger partial charge in [0.25, 0.3) is 0 Å². The number of thiazole rings is 1. The smallest absolute Gasteiger partial charge is 0.350 e. The third-order valence-electron chi connectivity index (χ3n) is 3.28. The molecule has 21 heavy (non-hydrogen) atoms. The number of rotatable bonds is 4. The molecule has 2 rings (SSSR count). The molecule has 0 radical (unpaired) electrons. The Labute approximate surface area is 130 Å². The summed E-state index contributed by atoms with van der Waals surface area (Å²) in [6.45, 7) is 12.2. The Bertz CT molecular complexity index is 476. The van der Waals surface area contributed by atoms with Crippen molar-refractivity contribution in [2.75, 3.05) is 32.8 Å². The minimum Gasteiger partial charge on any atom is -0.457 e. The molecular formula is C15H24N2O3S. The van der Waals surface area contributed by atoms with E-state index in [1.807, 2.05) is 6.92 Å². The summed E-state index contributed by atoms with van der Waals surface area (Å²) in [5, 5.41) is 0.954. The van der Waals surface area contributed by atoms with E-state index in [9.17, 15) is 4.79 Å². The second kappa shape index (κ2) is 6.85. The summed E-state index contributed by atoms with van der Waals surface area (Å²) in [6, 6.07) is 0. The van der Waals surface area contributed by atoms with E-state index < -0.39 is 0 Å². The van der Waals surface area contributed by atoms with Crippen LogP contribution in [0.25, 0.3) is 0 Å². The molecule has 5 nitrogen and oxygen atoms in total. The molecule has 0 spiro atoms. The highest BCUT2D eigenvalue weighted by molar-refractivity contribution is 7.13. The average molecular weight is 312 g/mol. The highest BCUT2D eigenvalue weighted by atomic mass is 32.1. The van der Waals surface area contributed by atoms with E-state index in [1.165, 1.54) is 11.3 Å². The van der Waals surface area contributed by atoms with Crippen molar-refractivity contribution in [2.45, 2.75) is 39.2 Å². The van der Waals surface area contributed by atoms with E-state index in [4.69, 9.17) is 9.47 Å². The lowest BCUT2D eigenvalue weighted by Gasteiger charge is -2.28. The summed E-state index contributed by atoms with van der Waals surface area (Å²) in [5.74, 6) is -0.274. The SMILES string of the molecule is CC(CN1CCOCC1)OC(=O)c1cnc(C(C)(C)C)s1. The highest BCUT2D eigenvalue weighted by Crippen LogP contribution is 2.27. The molecule has 1 saturated heterocycles. The third-order valence-corrected chi connectivity index (χ3v) is 4.68. The quantitative estimate of drug-likeness (QED) is 0.799. The Morgan fingerprint density at radius 1 is 1.48 bits per heavy atom. The second-order valence-corrected chi connectivity index (χ2v) is 7.44. The molecule has 0 bridgehead atoms. The number of carbonyl (C=O) groups is 1. The van der Waals surface area contributed by atoms with Crippen molar-refractivity contribution >= 4 is 17.3 Å². The molecule has 0 saturated carbocycles. The van der Waals surface area contributed by atoms with E-state index in [-0.39, 0.29) is 17.5 Å². The van der Waals surface area contributed by atoms with Crippen LogP contribution in [0.2, 0.25) is 0 Å².